The number of nitrogens with zero attached hydrogens (tertiary/aromatic N) is 4. The normalized spacial score (nSPS) is 11.3. The zero-order chi connectivity index (χ0) is 17.2. The number of aryl methyl sites for hydroxylation is 1. The van der Waals surface area contributed by atoms with Gasteiger partial charge in [-0.15, -0.1) is 0 Å². The van der Waals surface area contributed by atoms with Crippen LogP contribution in [0.1, 0.15) is 16.8 Å². The fourth-order valence-electron chi connectivity index (χ4n) is 2.28. The number of rotatable bonds is 5. The van der Waals surface area contributed by atoms with Crippen LogP contribution in [-0.4, -0.2) is 32.1 Å². The number of hydrogen-bond donors (Lipinski definition) is 1. The Morgan fingerprint density at radius 2 is 2.09 bits per heavy atom. The second kappa shape index (κ2) is 6.40. The van der Waals surface area contributed by atoms with Crippen molar-refractivity contribution < 1.29 is 8.42 Å². The number of hydrogen-bond acceptors (Lipinski definition) is 5. The fourth-order valence-corrected chi connectivity index (χ4v) is 3.50. The highest BCUT2D eigenvalue weighted by atomic mass is 32.2. The van der Waals surface area contributed by atoms with Gasteiger partial charge >= 0.3 is 0 Å². The van der Waals surface area contributed by atoms with Crippen LogP contribution in [0.4, 0.5) is 5.95 Å². The first-order valence-corrected chi connectivity index (χ1v) is 8.43. The maximum Gasteiger partial charge on any atom is 0.241 e. The van der Waals surface area contributed by atoms with E-state index in [9.17, 15) is 8.42 Å². The van der Waals surface area contributed by atoms with Gasteiger partial charge in [-0.25, -0.2) is 18.1 Å². The van der Waals surface area contributed by atoms with Gasteiger partial charge in [0.25, 0.3) is 0 Å². The average molecular weight is 333 g/mol. The molecule has 0 amide bonds. The predicted octanol–water partition coefficient (Wildman–Crippen LogP) is 1.14. The maximum atomic E-state index is 12.4. The number of aromatic nitrogens is 2. The molecule has 0 saturated heterocycles. The summed E-state index contributed by atoms with van der Waals surface area (Å²) in [5.74, 6) is 0.744. The molecule has 0 aliphatic heterocycles. The summed E-state index contributed by atoms with van der Waals surface area (Å²) in [4.78, 5) is 6.27. The predicted molar refractivity (Wildman–Crippen MR) is 87.5 cm³/mol. The lowest BCUT2D eigenvalue weighted by atomic mass is 10.2. The Hall–Kier alpha value is -2.37. The molecule has 1 N–H and O–H groups in total. The molecule has 122 valence electrons. The summed E-state index contributed by atoms with van der Waals surface area (Å²) < 4.78 is 29.3. The Morgan fingerprint density at radius 1 is 1.39 bits per heavy atom. The van der Waals surface area contributed by atoms with Crippen LogP contribution in [-0.2, 0) is 23.6 Å². The van der Waals surface area contributed by atoms with Crippen molar-refractivity contribution in [2.75, 3.05) is 19.0 Å². The molecule has 1 aromatic heterocycles. The van der Waals surface area contributed by atoms with E-state index >= 15 is 0 Å². The minimum absolute atomic E-state index is 0.138. The SMILES string of the molecule is Cc1cc(C#N)ccc1S(=O)(=O)NCc1cnc(N(C)C)n1C. The summed E-state index contributed by atoms with van der Waals surface area (Å²) in [7, 11) is 1.92. The molecule has 0 unspecified atom stereocenters. The Kier molecular flexibility index (Phi) is 4.73. The van der Waals surface area contributed by atoms with Crippen molar-refractivity contribution in [3.8, 4) is 6.07 Å². The summed E-state index contributed by atoms with van der Waals surface area (Å²) in [6.07, 6.45) is 1.64. The highest BCUT2D eigenvalue weighted by Crippen LogP contribution is 2.17. The molecule has 0 saturated carbocycles. The second-order valence-corrected chi connectivity index (χ2v) is 7.15. The zero-order valence-electron chi connectivity index (χ0n) is 13.5. The topological polar surface area (TPSA) is 91.0 Å². The number of benzene rings is 1. The number of anilines is 1. The van der Waals surface area contributed by atoms with Gasteiger partial charge in [0.2, 0.25) is 16.0 Å². The molecule has 0 fully saturated rings. The van der Waals surface area contributed by atoms with E-state index in [0.29, 0.717) is 11.1 Å². The van der Waals surface area contributed by atoms with Gasteiger partial charge in [-0.3, -0.25) is 0 Å². The van der Waals surface area contributed by atoms with Crippen LogP contribution in [0.2, 0.25) is 0 Å². The lowest BCUT2D eigenvalue weighted by molar-refractivity contribution is 0.578. The second-order valence-electron chi connectivity index (χ2n) is 5.42. The van der Waals surface area contributed by atoms with Crippen LogP contribution in [0, 0.1) is 18.3 Å². The number of sulfonamides is 1. The zero-order valence-corrected chi connectivity index (χ0v) is 14.3. The van der Waals surface area contributed by atoms with Gasteiger partial charge in [-0.1, -0.05) is 0 Å². The quantitative estimate of drug-likeness (QED) is 0.886. The monoisotopic (exact) mass is 333 g/mol. The Morgan fingerprint density at radius 3 is 2.61 bits per heavy atom. The highest BCUT2D eigenvalue weighted by Gasteiger charge is 2.18. The number of nitrogens with one attached hydrogen (secondary N) is 1. The molecule has 0 spiro atoms. The number of imidazole rings is 1. The van der Waals surface area contributed by atoms with Crippen molar-refractivity contribution in [1.29, 1.82) is 5.26 Å². The molecule has 0 aliphatic rings. The third-order valence-corrected chi connectivity index (χ3v) is 5.06. The number of nitriles is 1. The Bertz CT molecular complexity index is 862. The molecule has 0 radical (unpaired) electrons. The average Bonchev–Trinajstić information content (AvgIpc) is 2.86. The molecule has 2 rings (SSSR count). The van der Waals surface area contributed by atoms with Gasteiger partial charge in [0.1, 0.15) is 0 Å². The summed E-state index contributed by atoms with van der Waals surface area (Å²) >= 11 is 0. The van der Waals surface area contributed by atoms with Crippen molar-refractivity contribution >= 4 is 16.0 Å². The molecule has 7 nitrogen and oxygen atoms in total. The van der Waals surface area contributed by atoms with Gasteiger partial charge < -0.3 is 9.47 Å². The van der Waals surface area contributed by atoms with Gasteiger partial charge in [0.05, 0.1) is 35.0 Å². The van der Waals surface area contributed by atoms with Crippen LogP contribution in [0.3, 0.4) is 0 Å². The van der Waals surface area contributed by atoms with Crippen LogP contribution in [0.5, 0.6) is 0 Å². The first-order chi connectivity index (χ1) is 10.8. The molecule has 0 aliphatic carbocycles. The first kappa shape index (κ1) is 17.0. The van der Waals surface area contributed by atoms with Gasteiger partial charge in [-0.05, 0) is 30.7 Å². The van der Waals surface area contributed by atoms with E-state index in [2.05, 4.69) is 9.71 Å². The van der Waals surface area contributed by atoms with Crippen LogP contribution >= 0.6 is 0 Å². The summed E-state index contributed by atoms with van der Waals surface area (Å²) in [6.45, 7) is 1.81. The van der Waals surface area contributed by atoms with E-state index in [1.54, 1.807) is 19.2 Å². The third-order valence-electron chi connectivity index (χ3n) is 3.50. The minimum Gasteiger partial charge on any atom is -0.348 e. The summed E-state index contributed by atoms with van der Waals surface area (Å²) in [5.41, 5.74) is 1.72. The Balaban J connectivity index is 2.21. The minimum atomic E-state index is -3.66. The Labute approximate surface area is 136 Å². The van der Waals surface area contributed by atoms with Gasteiger partial charge in [-0.2, -0.15) is 5.26 Å². The molecule has 0 bridgehead atoms. The van der Waals surface area contributed by atoms with Crippen molar-refractivity contribution in [3.05, 3.63) is 41.2 Å². The van der Waals surface area contributed by atoms with Crippen molar-refractivity contribution in [1.82, 2.24) is 14.3 Å². The smallest absolute Gasteiger partial charge is 0.241 e. The molecule has 1 heterocycles. The molecular formula is C15H19N5O2S. The van der Waals surface area contributed by atoms with E-state index in [-0.39, 0.29) is 11.4 Å². The molecular weight excluding hydrogens is 314 g/mol. The molecule has 2 aromatic rings. The van der Waals surface area contributed by atoms with E-state index in [4.69, 9.17) is 5.26 Å². The van der Waals surface area contributed by atoms with Crippen molar-refractivity contribution in [2.24, 2.45) is 7.05 Å². The highest BCUT2D eigenvalue weighted by molar-refractivity contribution is 7.89. The largest absolute Gasteiger partial charge is 0.348 e. The molecule has 23 heavy (non-hydrogen) atoms. The lowest BCUT2D eigenvalue weighted by Gasteiger charge is -2.13. The molecule has 1 aromatic carbocycles. The maximum absolute atomic E-state index is 12.4. The van der Waals surface area contributed by atoms with Crippen LogP contribution in [0.15, 0.2) is 29.3 Å². The van der Waals surface area contributed by atoms with Crippen molar-refractivity contribution in [2.45, 2.75) is 18.4 Å². The standard InChI is InChI=1S/C15H19N5O2S/c1-11-7-12(8-16)5-6-14(11)23(21,22)18-10-13-9-17-15(19(2)3)20(13)4/h5-7,9,18H,10H2,1-4H3. The van der Waals surface area contributed by atoms with E-state index in [1.807, 2.05) is 36.7 Å². The summed E-state index contributed by atoms with van der Waals surface area (Å²) in [6, 6.07) is 6.50. The van der Waals surface area contributed by atoms with Crippen molar-refractivity contribution in [3.63, 3.8) is 0 Å². The lowest BCUT2D eigenvalue weighted by Crippen LogP contribution is -2.25. The van der Waals surface area contributed by atoms with Crippen LogP contribution < -0.4 is 9.62 Å². The van der Waals surface area contributed by atoms with Crippen LogP contribution in [0.25, 0.3) is 0 Å². The summed E-state index contributed by atoms with van der Waals surface area (Å²) in [5, 5.41) is 8.86. The van der Waals surface area contributed by atoms with E-state index < -0.39 is 10.0 Å². The molecule has 0 atom stereocenters. The third kappa shape index (κ3) is 3.52. The first-order valence-electron chi connectivity index (χ1n) is 6.94. The van der Waals surface area contributed by atoms with Gasteiger partial charge in [0, 0.05) is 21.1 Å². The fraction of sp³-hybridized carbons (Fsp3) is 0.333. The van der Waals surface area contributed by atoms with Gasteiger partial charge in [0.15, 0.2) is 0 Å². The van der Waals surface area contributed by atoms with E-state index in [0.717, 1.165) is 11.6 Å². The molecule has 8 heteroatoms. The van der Waals surface area contributed by atoms with E-state index in [1.165, 1.54) is 12.1 Å².